The van der Waals surface area contributed by atoms with E-state index in [0.717, 1.165) is 28.0 Å². The van der Waals surface area contributed by atoms with Crippen molar-refractivity contribution in [3.63, 3.8) is 0 Å². The Bertz CT molecular complexity index is 1220. The van der Waals surface area contributed by atoms with E-state index < -0.39 is 0 Å². The molecule has 4 rings (SSSR count). The first-order chi connectivity index (χ1) is 14.6. The molecule has 0 atom stereocenters. The maximum Gasteiger partial charge on any atom is 0.203 e. The largest absolute Gasteiger partial charge is 0.496 e. The number of benzene rings is 3. The Labute approximate surface area is 175 Å². The number of nitrogens with zero attached hydrogens (tertiary/aromatic N) is 2. The monoisotopic (exact) mass is 398 g/mol. The summed E-state index contributed by atoms with van der Waals surface area (Å²) in [6, 6.07) is 21.7. The van der Waals surface area contributed by atoms with Gasteiger partial charge in [-0.05, 0) is 52.7 Å². The van der Waals surface area contributed by atoms with Crippen molar-refractivity contribution in [2.24, 2.45) is 7.05 Å². The quantitative estimate of drug-likeness (QED) is 0.323. The first kappa shape index (κ1) is 19.5. The number of hydrogen-bond acceptors (Lipinski definition) is 4. The molecule has 0 N–H and O–H groups in total. The van der Waals surface area contributed by atoms with Gasteiger partial charge in [0.25, 0.3) is 0 Å². The van der Waals surface area contributed by atoms with Gasteiger partial charge in [-0.1, -0.05) is 42.5 Å². The number of carbonyl (C=O) groups excluding carboxylic acids is 1. The molecule has 3 aromatic carbocycles. The van der Waals surface area contributed by atoms with E-state index in [1.165, 1.54) is 5.39 Å². The van der Waals surface area contributed by atoms with Crippen LogP contribution in [-0.4, -0.2) is 22.7 Å². The Morgan fingerprint density at radius 3 is 2.63 bits per heavy atom. The SMILES string of the molecule is COc1ccc(/C=C/C(=O)c2ccnn2C)cc1COc1ccc2ccccc2c1. The maximum atomic E-state index is 12.3. The molecule has 1 aromatic heterocycles. The maximum absolute atomic E-state index is 12.3. The molecule has 30 heavy (non-hydrogen) atoms. The van der Waals surface area contributed by atoms with Crippen LogP contribution in [0.1, 0.15) is 21.6 Å². The van der Waals surface area contributed by atoms with Crippen molar-refractivity contribution in [1.82, 2.24) is 9.78 Å². The van der Waals surface area contributed by atoms with Crippen LogP contribution in [0.5, 0.6) is 11.5 Å². The lowest BCUT2D eigenvalue weighted by atomic mass is 10.1. The molecule has 0 spiro atoms. The Kier molecular flexibility index (Phi) is 5.61. The Balaban J connectivity index is 1.51. The summed E-state index contributed by atoms with van der Waals surface area (Å²) in [5, 5.41) is 6.34. The van der Waals surface area contributed by atoms with Crippen LogP contribution in [0.25, 0.3) is 16.8 Å². The summed E-state index contributed by atoms with van der Waals surface area (Å²) in [5.74, 6) is 1.44. The minimum absolute atomic E-state index is 0.0974. The summed E-state index contributed by atoms with van der Waals surface area (Å²) >= 11 is 0. The minimum Gasteiger partial charge on any atom is -0.496 e. The second-order valence-corrected chi connectivity index (χ2v) is 6.91. The van der Waals surface area contributed by atoms with Gasteiger partial charge < -0.3 is 9.47 Å². The van der Waals surface area contributed by atoms with E-state index in [2.05, 4.69) is 17.2 Å². The van der Waals surface area contributed by atoms with Crippen LogP contribution >= 0.6 is 0 Å². The van der Waals surface area contributed by atoms with Gasteiger partial charge in [0.1, 0.15) is 23.8 Å². The predicted molar refractivity (Wildman–Crippen MR) is 118 cm³/mol. The highest BCUT2D eigenvalue weighted by molar-refractivity contribution is 6.05. The van der Waals surface area contributed by atoms with E-state index in [9.17, 15) is 4.79 Å². The highest BCUT2D eigenvalue weighted by atomic mass is 16.5. The van der Waals surface area contributed by atoms with Crippen molar-refractivity contribution < 1.29 is 14.3 Å². The van der Waals surface area contributed by atoms with Gasteiger partial charge in [-0.3, -0.25) is 9.48 Å². The average molecular weight is 398 g/mol. The van der Waals surface area contributed by atoms with Crippen LogP contribution in [0.2, 0.25) is 0 Å². The highest BCUT2D eigenvalue weighted by Gasteiger charge is 2.08. The van der Waals surface area contributed by atoms with Crippen LogP contribution in [0.4, 0.5) is 0 Å². The molecule has 0 saturated carbocycles. The van der Waals surface area contributed by atoms with Crippen molar-refractivity contribution >= 4 is 22.6 Å². The molecule has 0 unspecified atom stereocenters. The smallest absolute Gasteiger partial charge is 0.203 e. The number of methoxy groups -OCH3 is 1. The molecule has 5 nitrogen and oxygen atoms in total. The van der Waals surface area contributed by atoms with Crippen molar-refractivity contribution in [2.45, 2.75) is 6.61 Å². The first-order valence-electron chi connectivity index (χ1n) is 9.63. The summed E-state index contributed by atoms with van der Waals surface area (Å²) in [4.78, 5) is 12.3. The van der Waals surface area contributed by atoms with Gasteiger partial charge in [-0.15, -0.1) is 0 Å². The number of fused-ring (bicyclic) bond motifs is 1. The second-order valence-electron chi connectivity index (χ2n) is 6.91. The average Bonchev–Trinajstić information content (AvgIpc) is 3.22. The van der Waals surface area contributed by atoms with E-state index in [4.69, 9.17) is 9.47 Å². The number of carbonyl (C=O) groups is 1. The lowest BCUT2D eigenvalue weighted by molar-refractivity contribution is 0.103. The zero-order chi connectivity index (χ0) is 20.9. The zero-order valence-electron chi connectivity index (χ0n) is 16.9. The molecule has 0 bridgehead atoms. The molecule has 0 radical (unpaired) electrons. The second kappa shape index (κ2) is 8.66. The van der Waals surface area contributed by atoms with Gasteiger partial charge in [0.15, 0.2) is 0 Å². The molecule has 0 saturated heterocycles. The number of ketones is 1. The number of rotatable bonds is 7. The van der Waals surface area contributed by atoms with Crippen LogP contribution in [0.15, 0.2) is 79.0 Å². The molecule has 5 heteroatoms. The third-order valence-electron chi connectivity index (χ3n) is 4.92. The van der Waals surface area contributed by atoms with Gasteiger partial charge in [0, 0.05) is 18.8 Å². The van der Waals surface area contributed by atoms with Crippen molar-refractivity contribution in [2.75, 3.05) is 7.11 Å². The summed E-state index contributed by atoms with van der Waals surface area (Å²) in [6.45, 7) is 0.360. The topological polar surface area (TPSA) is 53.3 Å². The van der Waals surface area contributed by atoms with Crippen LogP contribution in [0, 0.1) is 0 Å². The number of ether oxygens (including phenoxy) is 2. The summed E-state index contributed by atoms with van der Waals surface area (Å²) in [6.07, 6.45) is 4.94. The molecule has 0 aliphatic carbocycles. The van der Waals surface area contributed by atoms with E-state index in [0.29, 0.717) is 12.3 Å². The summed E-state index contributed by atoms with van der Waals surface area (Å²) in [5.41, 5.74) is 2.34. The molecule has 0 aliphatic heterocycles. The number of aromatic nitrogens is 2. The summed E-state index contributed by atoms with van der Waals surface area (Å²) < 4.78 is 13.1. The molecular formula is C25H22N2O3. The Morgan fingerprint density at radius 1 is 1.03 bits per heavy atom. The minimum atomic E-state index is -0.0974. The molecule has 0 aliphatic rings. The van der Waals surface area contributed by atoms with Crippen LogP contribution in [0.3, 0.4) is 0 Å². The normalized spacial score (nSPS) is 11.1. The lowest BCUT2D eigenvalue weighted by Crippen LogP contribution is -2.03. The van der Waals surface area contributed by atoms with Gasteiger partial charge in [-0.2, -0.15) is 5.10 Å². The molecular weight excluding hydrogens is 376 g/mol. The molecule has 0 fully saturated rings. The number of hydrogen-bond donors (Lipinski definition) is 0. The van der Waals surface area contributed by atoms with Gasteiger partial charge in [0.2, 0.25) is 5.78 Å². The van der Waals surface area contributed by atoms with Gasteiger partial charge in [0.05, 0.1) is 7.11 Å². The molecule has 150 valence electrons. The lowest BCUT2D eigenvalue weighted by Gasteiger charge is -2.12. The standard InChI is InChI=1S/C25H22N2O3/c1-27-23(13-14-26-27)24(28)11-7-18-8-12-25(29-2)21(15-18)17-30-22-10-9-19-5-3-4-6-20(19)16-22/h3-16H,17H2,1-2H3/b11-7+. The van der Waals surface area contributed by atoms with E-state index in [1.54, 1.807) is 43.3 Å². The van der Waals surface area contributed by atoms with Crippen molar-refractivity contribution in [3.05, 3.63) is 95.8 Å². The number of allylic oxidation sites excluding steroid dienone is 1. The summed E-state index contributed by atoms with van der Waals surface area (Å²) in [7, 11) is 3.38. The highest BCUT2D eigenvalue weighted by Crippen LogP contribution is 2.25. The third-order valence-corrected chi connectivity index (χ3v) is 4.92. The molecule has 4 aromatic rings. The van der Waals surface area contributed by atoms with E-state index >= 15 is 0 Å². The Hall–Kier alpha value is -3.86. The van der Waals surface area contributed by atoms with E-state index in [1.807, 2.05) is 48.5 Å². The molecule has 0 amide bonds. The first-order valence-corrected chi connectivity index (χ1v) is 9.63. The van der Waals surface area contributed by atoms with Crippen molar-refractivity contribution in [1.29, 1.82) is 0 Å². The predicted octanol–water partition coefficient (Wildman–Crippen LogP) is 5.06. The Morgan fingerprint density at radius 2 is 1.87 bits per heavy atom. The van der Waals surface area contributed by atoms with Crippen LogP contribution in [-0.2, 0) is 13.7 Å². The fraction of sp³-hybridized carbons (Fsp3) is 0.120. The van der Waals surface area contributed by atoms with Crippen LogP contribution < -0.4 is 9.47 Å². The number of aryl methyl sites for hydroxylation is 1. The van der Waals surface area contributed by atoms with Crippen molar-refractivity contribution in [3.8, 4) is 11.5 Å². The fourth-order valence-corrected chi connectivity index (χ4v) is 3.31. The zero-order valence-corrected chi connectivity index (χ0v) is 16.9. The third kappa shape index (κ3) is 4.25. The van der Waals surface area contributed by atoms with Gasteiger partial charge in [-0.25, -0.2) is 0 Å². The molecule has 1 heterocycles. The van der Waals surface area contributed by atoms with E-state index in [-0.39, 0.29) is 5.78 Å². The fourth-order valence-electron chi connectivity index (χ4n) is 3.31. The van der Waals surface area contributed by atoms with Gasteiger partial charge >= 0.3 is 0 Å².